The second-order valence-electron chi connectivity index (χ2n) is 4.24. The fourth-order valence-corrected chi connectivity index (χ4v) is 2.57. The lowest BCUT2D eigenvalue weighted by molar-refractivity contribution is 0.276. The standard InChI is InChI=1S/C14H15BrF2N2O/c1-3-11-14(15)12(19(4-2)18-11)8-20-13-7-9(16)5-6-10(13)17/h5-7H,3-4,8H2,1-2H3. The van der Waals surface area contributed by atoms with Crippen molar-refractivity contribution in [3.8, 4) is 5.75 Å². The molecule has 0 saturated heterocycles. The van der Waals surface area contributed by atoms with E-state index in [4.69, 9.17) is 4.74 Å². The van der Waals surface area contributed by atoms with Crippen molar-refractivity contribution in [3.05, 3.63) is 45.7 Å². The van der Waals surface area contributed by atoms with E-state index in [1.165, 1.54) is 0 Å². The van der Waals surface area contributed by atoms with E-state index in [-0.39, 0.29) is 12.4 Å². The van der Waals surface area contributed by atoms with Crippen LogP contribution in [0, 0.1) is 11.6 Å². The highest BCUT2D eigenvalue weighted by atomic mass is 79.9. The molecule has 1 aromatic carbocycles. The topological polar surface area (TPSA) is 27.1 Å². The first kappa shape index (κ1) is 15.0. The van der Waals surface area contributed by atoms with E-state index in [1.54, 1.807) is 4.68 Å². The highest BCUT2D eigenvalue weighted by molar-refractivity contribution is 9.10. The van der Waals surface area contributed by atoms with Gasteiger partial charge in [0.1, 0.15) is 12.4 Å². The molecule has 6 heteroatoms. The first-order valence-corrected chi connectivity index (χ1v) is 7.18. The van der Waals surface area contributed by atoms with Gasteiger partial charge in [-0.1, -0.05) is 6.92 Å². The van der Waals surface area contributed by atoms with E-state index in [0.29, 0.717) is 6.54 Å². The fraction of sp³-hybridized carbons (Fsp3) is 0.357. The van der Waals surface area contributed by atoms with Crippen LogP contribution in [0.2, 0.25) is 0 Å². The summed E-state index contributed by atoms with van der Waals surface area (Å²) in [6, 6.07) is 3.15. The summed E-state index contributed by atoms with van der Waals surface area (Å²) in [5, 5.41) is 4.42. The van der Waals surface area contributed by atoms with Crippen molar-refractivity contribution >= 4 is 15.9 Å². The van der Waals surface area contributed by atoms with Crippen molar-refractivity contribution in [2.75, 3.05) is 0 Å². The number of halogens is 3. The average molecular weight is 345 g/mol. The third-order valence-electron chi connectivity index (χ3n) is 2.95. The second-order valence-corrected chi connectivity index (χ2v) is 5.03. The average Bonchev–Trinajstić information content (AvgIpc) is 2.75. The van der Waals surface area contributed by atoms with Gasteiger partial charge in [-0.05, 0) is 41.4 Å². The molecule has 0 spiro atoms. The minimum Gasteiger partial charge on any atom is -0.484 e. The SMILES string of the molecule is CCc1nn(CC)c(COc2cc(F)ccc2F)c1Br. The van der Waals surface area contributed by atoms with E-state index in [9.17, 15) is 8.78 Å². The molecule has 2 aromatic rings. The Morgan fingerprint density at radius 1 is 1.30 bits per heavy atom. The van der Waals surface area contributed by atoms with E-state index in [2.05, 4.69) is 21.0 Å². The van der Waals surface area contributed by atoms with Crippen molar-refractivity contribution in [3.63, 3.8) is 0 Å². The summed E-state index contributed by atoms with van der Waals surface area (Å²) in [5.41, 5.74) is 1.73. The highest BCUT2D eigenvalue weighted by Gasteiger charge is 2.15. The summed E-state index contributed by atoms with van der Waals surface area (Å²) in [4.78, 5) is 0. The third kappa shape index (κ3) is 3.00. The molecule has 0 aliphatic rings. The van der Waals surface area contributed by atoms with Gasteiger partial charge in [0, 0.05) is 12.6 Å². The van der Waals surface area contributed by atoms with Crippen LogP contribution in [0.1, 0.15) is 25.2 Å². The summed E-state index contributed by atoms with van der Waals surface area (Å²) < 4.78 is 34.6. The van der Waals surface area contributed by atoms with Crippen molar-refractivity contribution in [2.24, 2.45) is 0 Å². The maximum Gasteiger partial charge on any atom is 0.165 e. The maximum atomic E-state index is 13.5. The molecule has 0 N–H and O–H groups in total. The predicted octanol–water partition coefficient (Wildman–Crippen LogP) is 4.09. The number of nitrogens with zero attached hydrogens (tertiary/aromatic N) is 2. The van der Waals surface area contributed by atoms with Crippen LogP contribution in [0.4, 0.5) is 8.78 Å². The maximum absolute atomic E-state index is 13.5. The van der Waals surface area contributed by atoms with Crippen LogP contribution < -0.4 is 4.74 Å². The molecule has 0 aliphatic heterocycles. The van der Waals surface area contributed by atoms with Gasteiger partial charge in [0.2, 0.25) is 0 Å². The van der Waals surface area contributed by atoms with Gasteiger partial charge in [-0.15, -0.1) is 0 Å². The van der Waals surface area contributed by atoms with Gasteiger partial charge < -0.3 is 4.74 Å². The number of hydrogen-bond donors (Lipinski definition) is 0. The van der Waals surface area contributed by atoms with Crippen molar-refractivity contribution in [1.82, 2.24) is 9.78 Å². The largest absolute Gasteiger partial charge is 0.484 e. The quantitative estimate of drug-likeness (QED) is 0.816. The Kier molecular flexibility index (Phi) is 4.75. The van der Waals surface area contributed by atoms with Gasteiger partial charge in [-0.2, -0.15) is 5.10 Å². The van der Waals surface area contributed by atoms with E-state index < -0.39 is 11.6 Å². The van der Waals surface area contributed by atoms with Gasteiger partial charge in [0.25, 0.3) is 0 Å². The minimum atomic E-state index is -0.583. The Balaban J connectivity index is 2.22. The number of ether oxygens (including phenoxy) is 1. The molecule has 20 heavy (non-hydrogen) atoms. The van der Waals surface area contributed by atoms with E-state index >= 15 is 0 Å². The van der Waals surface area contributed by atoms with Crippen LogP contribution in [0.15, 0.2) is 22.7 Å². The Morgan fingerprint density at radius 3 is 2.70 bits per heavy atom. The molecule has 0 radical (unpaired) electrons. The first-order valence-electron chi connectivity index (χ1n) is 6.38. The zero-order chi connectivity index (χ0) is 14.7. The number of aromatic nitrogens is 2. The van der Waals surface area contributed by atoms with E-state index in [1.807, 2.05) is 13.8 Å². The predicted molar refractivity (Wildman–Crippen MR) is 75.7 cm³/mol. The third-order valence-corrected chi connectivity index (χ3v) is 3.87. The highest BCUT2D eigenvalue weighted by Crippen LogP contribution is 2.25. The lowest BCUT2D eigenvalue weighted by Gasteiger charge is -2.09. The summed E-state index contributed by atoms with van der Waals surface area (Å²) in [6.45, 7) is 4.78. The van der Waals surface area contributed by atoms with Crippen molar-refractivity contribution in [2.45, 2.75) is 33.4 Å². The van der Waals surface area contributed by atoms with E-state index in [0.717, 1.165) is 40.5 Å². The molecule has 0 unspecified atom stereocenters. The number of benzene rings is 1. The summed E-state index contributed by atoms with van der Waals surface area (Å²) in [5.74, 6) is -1.21. The summed E-state index contributed by atoms with van der Waals surface area (Å²) >= 11 is 3.48. The number of aryl methyl sites for hydroxylation is 2. The zero-order valence-corrected chi connectivity index (χ0v) is 12.9. The molecule has 0 fully saturated rings. The normalized spacial score (nSPS) is 10.8. The Morgan fingerprint density at radius 2 is 2.05 bits per heavy atom. The minimum absolute atomic E-state index is 0.0983. The molecule has 1 aromatic heterocycles. The van der Waals surface area contributed by atoms with Crippen LogP contribution >= 0.6 is 15.9 Å². The lowest BCUT2D eigenvalue weighted by atomic mass is 10.3. The Labute approximate surface area is 124 Å². The Bertz CT molecular complexity index is 613. The molecular formula is C14H15BrF2N2O. The zero-order valence-electron chi connectivity index (χ0n) is 11.3. The van der Waals surface area contributed by atoms with Gasteiger partial charge in [0.15, 0.2) is 11.6 Å². The van der Waals surface area contributed by atoms with Crippen LogP contribution in [0.3, 0.4) is 0 Å². The Hall–Kier alpha value is -1.43. The molecular weight excluding hydrogens is 330 g/mol. The number of rotatable bonds is 5. The molecule has 0 amide bonds. The van der Waals surface area contributed by atoms with Crippen LogP contribution in [0.5, 0.6) is 5.75 Å². The molecule has 3 nitrogen and oxygen atoms in total. The lowest BCUT2D eigenvalue weighted by Crippen LogP contribution is -2.07. The van der Waals surface area contributed by atoms with Crippen LogP contribution in [-0.4, -0.2) is 9.78 Å². The fourth-order valence-electron chi connectivity index (χ4n) is 1.89. The van der Waals surface area contributed by atoms with Crippen molar-refractivity contribution < 1.29 is 13.5 Å². The van der Waals surface area contributed by atoms with Gasteiger partial charge in [0.05, 0.1) is 15.9 Å². The van der Waals surface area contributed by atoms with Crippen LogP contribution in [0.25, 0.3) is 0 Å². The molecule has 2 rings (SSSR count). The number of hydrogen-bond acceptors (Lipinski definition) is 2. The molecule has 0 saturated carbocycles. The van der Waals surface area contributed by atoms with Crippen LogP contribution in [-0.2, 0) is 19.6 Å². The van der Waals surface area contributed by atoms with Gasteiger partial charge in [-0.3, -0.25) is 4.68 Å². The first-order chi connectivity index (χ1) is 9.56. The van der Waals surface area contributed by atoms with Gasteiger partial charge in [-0.25, -0.2) is 8.78 Å². The molecule has 0 atom stereocenters. The second kappa shape index (κ2) is 6.35. The van der Waals surface area contributed by atoms with Gasteiger partial charge >= 0.3 is 0 Å². The molecule has 0 bridgehead atoms. The molecule has 0 aliphatic carbocycles. The van der Waals surface area contributed by atoms with Crippen molar-refractivity contribution in [1.29, 1.82) is 0 Å². The molecule has 108 valence electrons. The monoisotopic (exact) mass is 344 g/mol. The summed E-state index contributed by atoms with van der Waals surface area (Å²) in [6.07, 6.45) is 0.787. The summed E-state index contributed by atoms with van der Waals surface area (Å²) in [7, 11) is 0. The smallest absolute Gasteiger partial charge is 0.165 e. The molecule has 1 heterocycles.